The first-order chi connectivity index (χ1) is 9.86. The summed E-state index contributed by atoms with van der Waals surface area (Å²) in [6.45, 7) is 1.71. The van der Waals surface area contributed by atoms with Crippen LogP contribution in [0.25, 0.3) is 5.65 Å². The van der Waals surface area contributed by atoms with E-state index in [0.717, 1.165) is 36.8 Å². The van der Waals surface area contributed by atoms with E-state index in [1.54, 1.807) is 12.4 Å². The largest absolute Gasteiger partial charge is 0.372 e. The van der Waals surface area contributed by atoms with Gasteiger partial charge in [0.2, 0.25) is 0 Å². The van der Waals surface area contributed by atoms with Crippen molar-refractivity contribution in [3.05, 3.63) is 37.1 Å². The molecule has 0 aliphatic rings. The maximum atomic E-state index is 4.50. The molecule has 20 heavy (non-hydrogen) atoms. The van der Waals surface area contributed by atoms with E-state index in [0.29, 0.717) is 0 Å². The van der Waals surface area contributed by atoms with Crippen LogP contribution in [0.15, 0.2) is 37.1 Å². The van der Waals surface area contributed by atoms with Crippen LogP contribution in [-0.4, -0.2) is 37.7 Å². The van der Waals surface area contributed by atoms with Gasteiger partial charge in [-0.1, -0.05) is 0 Å². The molecule has 3 aromatic rings. The molecular formula is C13H17N7. The maximum absolute atomic E-state index is 4.50. The second kappa shape index (κ2) is 5.60. The van der Waals surface area contributed by atoms with Crippen molar-refractivity contribution < 1.29 is 0 Å². The van der Waals surface area contributed by atoms with E-state index in [9.17, 15) is 0 Å². The Morgan fingerprint density at radius 3 is 3.00 bits per heavy atom. The molecule has 2 N–H and O–H groups in total. The van der Waals surface area contributed by atoms with E-state index < -0.39 is 0 Å². The van der Waals surface area contributed by atoms with Crippen LogP contribution in [0.4, 0.5) is 11.6 Å². The van der Waals surface area contributed by atoms with Crippen LogP contribution in [0.2, 0.25) is 0 Å². The lowest BCUT2D eigenvalue weighted by Gasteiger charge is -2.09. The number of anilines is 2. The van der Waals surface area contributed by atoms with Crippen LogP contribution in [0.1, 0.15) is 6.42 Å². The van der Waals surface area contributed by atoms with Crippen LogP contribution in [0.3, 0.4) is 0 Å². The highest BCUT2D eigenvalue weighted by Crippen LogP contribution is 2.15. The molecule has 3 rings (SSSR count). The normalized spacial score (nSPS) is 10.8. The Labute approximate surface area is 116 Å². The van der Waals surface area contributed by atoms with Crippen LogP contribution in [-0.2, 0) is 6.54 Å². The quantitative estimate of drug-likeness (QED) is 0.664. The summed E-state index contributed by atoms with van der Waals surface area (Å²) in [7, 11) is 1.85. The summed E-state index contributed by atoms with van der Waals surface area (Å²) in [4.78, 5) is 8.81. The van der Waals surface area contributed by atoms with E-state index in [1.807, 2.05) is 40.8 Å². The standard InChI is InChI=1S/C13H17N7/c1-14-11-10-19-9-6-16-13(19)12(18-11)15-4-2-7-20-8-3-5-17-20/h3,5-6,8-10,14H,2,4,7H2,1H3,(H,15,18). The van der Waals surface area contributed by atoms with Crippen LogP contribution in [0, 0.1) is 0 Å². The fourth-order valence-corrected chi connectivity index (χ4v) is 2.05. The first-order valence-electron chi connectivity index (χ1n) is 6.59. The fraction of sp³-hybridized carbons (Fsp3) is 0.308. The number of hydrogen-bond acceptors (Lipinski definition) is 5. The van der Waals surface area contributed by atoms with Crippen LogP contribution >= 0.6 is 0 Å². The number of fused-ring (bicyclic) bond motifs is 1. The lowest BCUT2D eigenvalue weighted by molar-refractivity contribution is 0.591. The summed E-state index contributed by atoms with van der Waals surface area (Å²) in [5, 5.41) is 10.6. The van der Waals surface area contributed by atoms with Crippen molar-refractivity contribution >= 4 is 17.3 Å². The van der Waals surface area contributed by atoms with Gasteiger partial charge < -0.3 is 15.0 Å². The average Bonchev–Trinajstić information content (AvgIpc) is 3.13. The molecular weight excluding hydrogens is 254 g/mol. The summed E-state index contributed by atoms with van der Waals surface area (Å²) >= 11 is 0. The summed E-state index contributed by atoms with van der Waals surface area (Å²) < 4.78 is 3.87. The Balaban J connectivity index is 1.65. The van der Waals surface area contributed by atoms with E-state index in [1.165, 1.54) is 0 Å². The van der Waals surface area contributed by atoms with Gasteiger partial charge >= 0.3 is 0 Å². The second-order valence-corrected chi connectivity index (χ2v) is 4.43. The Kier molecular flexibility index (Phi) is 3.49. The summed E-state index contributed by atoms with van der Waals surface area (Å²) in [6, 6.07) is 1.93. The molecule has 0 bridgehead atoms. The smallest absolute Gasteiger partial charge is 0.180 e. The van der Waals surface area contributed by atoms with E-state index in [2.05, 4.69) is 25.7 Å². The molecule has 7 heteroatoms. The van der Waals surface area contributed by atoms with Crippen molar-refractivity contribution in [2.45, 2.75) is 13.0 Å². The predicted octanol–water partition coefficient (Wildman–Crippen LogP) is 1.47. The topological polar surface area (TPSA) is 72.1 Å². The van der Waals surface area contributed by atoms with Gasteiger partial charge in [-0.15, -0.1) is 0 Å². The molecule has 0 unspecified atom stereocenters. The molecule has 7 nitrogen and oxygen atoms in total. The summed E-state index contributed by atoms with van der Waals surface area (Å²) in [5.41, 5.74) is 0.836. The number of nitrogens with zero attached hydrogens (tertiary/aromatic N) is 5. The van der Waals surface area contributed by atoms with Gasteiger partial charge in [-0.2, -0.15) is 5.10 Å². The molecule has 0 atom stereocenters. The molecule has 0 radical (unpaired) electrons. The zero-order valence-electron chi connectivity index (χ0n) is 11.3. The Morgan fingerprint density at radius 2 is 2.20 bits per heavy atom. The molecule has 3 aromatic heterocycles. The van der Waals surface area contributed by atoms with Crippen LogP contribution < -0.4 is 10.6 Å². The number of imidazole rings is 1. The number of rotatable bonds is 6. The van der Waals surface area contributed by atoms with Gasteiger partial charge in [0.1, 0.15) is 5.82 Å². The first kappa shape index (κ1) is 12.5. The summed E-state index contributed by atoms with van der Waals surface area (Å²) in [5.74, 6) is 1.60. The Hall–Kier alpha value is -2.57. The second-order valence-electron chi connectivity index (χ2n) is 4.43. The monoisotopic (exact) mass is 271 g/mol. The van der Waals surface area contributed by atoms with Crippen molar-refractivity contribution in [3.8, 4) is 0 Å². The zero-order chi connectivity index (χ0) is 13.8. The fourth-order valence-electron chi connectivity index (χ4n) is 2.05. The minimum absolute atomic E-state index is 0.794. The van der Waals surface area contributed by atoms with Gasteiger partial charge in [-0.3, -0.25) is 4.68 Å². The lowest BCUT2D eigenvalue weighted by Crippen LogP contribution is -2.10. The van der Waals surface area contributed by atoms with Gasteiger partial charge in [0.25, 0.3) is 0 Å². The molecule has 3 heterocycles. The van der Waals surface area contributed by atoms with Gasteiger partial charge in [0.15, 0.2) is 11.5 Å². The van der Waals surface area contributed by atoms with Crippen molar-refractivity contribution in [3.63, 3.8) is 0 Å². The predicted molar refractivity (Wildman–Crippen MR) is 77.9 cm³/mol. The highest BCUT2D eigenvalue weighted by atomic mass is 15.3. The zero-order valence-corrected chi connectivity index (χ0v) is 11.3. The molecule has 0 aliphatic carbocycles. The van der Waals surface area contributed by atoms with E-state index in [4.69, 9.17) is 0 Å². The molecule has 0 aromatic carbocycles. The van der Waals surface area contributed by atoms with Crippen molar-refractivity contribution in [1.82, 2.24) is 24.1 Å². The molecule has 0 saturated heterocycles. The average molecular weight is 271 g/mol. The minimum atomic E-state index is 0.794. The maximum Gasteiger partial charge on any atom is 0.180 e. The highest BCUT2D eigenvalue weighted by molar-refractivity contribution is 5.65. The Morgan fingerprint density at radius 1 is 1.25 bits per heavy atom. The van der Waals surface area contributed by atoms with E-state index in [-0.39, 0.29) is 0 Å². The number of aryl methyl sites for hydroxylation is 1. The van der Waals surface area contributed by atoms with Gasteiger partial charge in [0.05, 0.1) is 6.20 Å². The van der Waals surface area contributed by atoms with Gasteiger partial charge in [-0.25, -0.2) is 9.97 Å². The minimum Gasteiger partial charge on any atom is -0.372 e. The van der Waals surface area contributed by atoms with Gasteiger partial charge in [-0.05, 0) is 12.5 Å². The molecule has 0 spiro atoms. The molecule has 0 aliphatic heterocycles. The van der Waals surface area contributed by atoms with Crippen molar-refractivity contribution in [2.24, 2.45) is 0 Å². The number of aromatic nitrogens is 5. The molecule has 0 fully saturated rings. The van der Waals surface area contributed by atoms with Crippen molar-refractivity contribution in [1.29, 1.82) is 0 Å². The SMILES string of the molecule is CNc1cn2ccnc2c(NCCCn2cccn2)n1. The number of nitrogens with one attached hydrogen (secondary N) is 2. The van der Waals surface area contributed by atoms with Crippen LogP contribution in [0.5, 0.6) is 0 Å². The van der Waals surface area contributed by atoms with Crippen molar-refractivity contribution in [2.75, 3.05) is 24.2 Å². The third-order valence-corrected chi connectivity index (χ3v) is 3.05. The number of hydrogen-bond donors (Lipinski definition) is 2. The third-order valence-electron chi connectivity index (χ3n) is 3.05. The third kappa shape index (κ3) is 2.56. The lowest BCUT2D eigenvalue weighted by atomic mass is 10.4. The van der Waals surface area contributed by atoms with E-state index >= 15 is 0 Å². The highest BCUT2D eigenvalue weighted by Gasteiger charge is 2.06. The summed E-state index contributed by atoms with van der Waals surface area (Å²) in [6.07, 6.45) is 10.3. The molecule has 0 saturated carbocycles. The van der Waals surface area contributed by atoms with Gasteiger partial charge in [0, 0.05) is 44.9 Å². The first-order valence-corrected chi connectivity index (χ1v) is 6.59. The Bertz CT molecular complexity index is 671. The molecule has 0 amide bonds. The molecule has 104 valence electrons.